The van der Waals surface area contributed by atoms with E-state index in [0.717, 1.165) is 0 Å². The first-order valence-corrected chi connectivity index (χ1v) is 6.91. The van der Waals surface area contributed by atoms with Crippen molar-refractivity contribution in [2.45, 2.75) is 12.8 Å². The third-order valence-electron chi connectivity index (χ3n) is 3.66. The Kier molecular flexibility index (Phi) is 4.77. The molecule has 1 aromatic carbocycles. The minimum absolute atomic E-state index is 0.00559. The number of nitrogens with zero attached hydrogens (tertiary/aromatic N) is 2. The van der Waals surface area contributed by atoms with Crippen LogP contribution >= 0.6 is 0 Å². The first-order valence-electron chi connectivity index (χ1n) is 6.91. The molecule has 0 unspecified atom stereocenters. The molecule has 0 aromatic heterocycles. The van der Waals surface area contributed by atoms with E-state index in [-0.39, 0.29) is 17.9 Å². The minimum Gasteiger partial charge on any atom is -0.359 e. The quantitative estimate of drug-likeness (QED) is 0.865. The average molecular weight is 286 g/mol. The van der Waals surface area contributed by atoms with Crippen LogP contribution in [0.2, 0.25) is 0 Å². The second-order valence-corrected chi connectivity index (χ2v) is 4.99. The molecule has 2 N–H and O–H groups in total. The second-order valence-electron chi connectivity index (χ2n) is 4.99. The molecule has 6 nitrogen and oxygen atoms in total. The molecule has 110 valence electrons. The summed E-state index contributed by atoms with van der Waals surface area (Å²) in [5, 5.41) is 14.2. The van der Waals surface area contributed by atoms with Gasteiger partial charge in [-0.25, -0.2) is 4.79 Å². The van der Waals surface area contributed by atoms with Crippen molar-refractivity contribution in [2.24, 2.45) is 5.92 Å². The van der Waals surface area contributed by atoms with Gasteiger partial charge in [0, 0.05) is 31.7 Å². The van der Waals surface area contributed by atoms with E-state index in [9.17, 15) is 9.59 Å². The summed E-state index contributed by atoms with van der Waals surface area (Å²) >= 11 is 0. The predicted octanol–water partition coefficient (Wildman–Crippen LogP) is 1.55. The number of nitriles is 1. The molecule has 1 fully saturated rings. The van der Waals surface area contributed by atoms with Crippen molar-refractivity contribution in [3.05, 3.63) is 29.8 Å². The van der Waals surface area contributed by atoms with Gasteiger partial charge in [0.05, 0.1) is 11.6 Å². The fraction of sp³-hybridized carbons (Fsp3) is 0.400. The smallest absolute Gasteiger partial charge is 0.321 e. The van der Waals surface area contributed by atoms with Gasteiger partial charge in [0.25, 0.3) is 0 Å². The van der Waals surface area contributed by atoms with Crippen LogP contribution in [0.1, 0.15) is 18.4 Å². The van der Waals surface area contributed by atoms with Crippen LogP contribution in [0.3, 0.4) is 0 Å². The van der Waals surface area contributed by atoms with Crippen LogP contribution in [-0.4, -0.2) is 37.0 Å². The van der Waals surface area contributed by atoms with Gasteiger partial charge >= 0.3 is 6.03 Å². The Morgan fingerprint density at radius 1 is 1.24 bits per heavy atom. The molecule has 1 aliphatic heterocycles. The Balaban J connectivity index is 1.87. The minimum atomic E-state index is -0.171. The van der Waals surface area contributed by atoms with Crippen LogP contribution in [0.4, 0.5) is 10.5 Å². The van der Waals surface area contributed by atoms with E-state index in [1.807, 2.05) is 6.07 Å². The molecule has 3 amide bonds. The van der Waals surface area contributed by atoms with Crippen LogP contribution in [0.15, 0.2) is 24.3 Å². The maximum Gasteiger partial charge on any atom is 0.321 e. The number of carbonyl (C=O) groups excluding carboxylic acids is 2. The van der Waals surface area contributed by atoms with Gasteiger partial charge in [0.15, 0.2) is 0 Å². The first-order chi connectivity index (χ1) is 10.1. The molecule has 0 radical (unpaired) electrons. The summed E-state index contributed by atoms with van der Waals surface area (Å²) in [6.07, 6.45) is 1.36. The molecular weight excluding hydrogens is 268 g/mol. The predicted molar refractivity (Wildman–Crippen MR) is 78.5 cm³/mol. The van der Waals surface area contributed by atoms with Gasteiger partial charge < -0.3 is 15.5 Å². The lowest BCUT2D eigenvalue weighted by Crippen LogP contribution is -2.44. The lowest BCUT2D eigenvalue weighted by atomic mass is 9.96. The topological polar surface area (TPSA) is 85.2 Å². The van der Waals surface area contributed by atoms with E-state index >= 15 is 0 Å². The Morgan fingerprint density at radius 3 is 2.38 bits per heavy atom. The number of benzene rings is 1. The highest BCUT2D eigenvalue weighted by molar-refractivity contribution is 5.89. The summed E-state index contributed by atoms with van der Waals surface area (Å²) in [6.45, 7) is 1.14. The highest BCUT2D eigenvalue weighted by Gasteiger charge is 2.26. The van der Waals surface area contributed by atoms with Gasteiger partial charge in [-0.2, -0.15) is 5.26 Å². The highest BCUT2D eigenvalue weighted by Crippen LogP contribution is 2.18. The average Bonchev–Trinajstić information content (AvgIpc) is 2.55. The Labute approximate surface area is 123 Å². The van der Waals surface area contributed by atoms with Crippen LogP contribution in [0, 0.1) is 17.2 Å². The third-order valence-corrected chi connectivity index (χ3v) is 3.66. The first kappa shape index (κ1) is 14.9. The number of nitrogens with one attached hydrogen (secondary N) is 2. The maximum atomic E-state index is 12.1. The number of carbonyl (C=O) groups is 2. The standard InChI is InChI=1S/C15H18N4O2/c1-17-14(20)12-6-8-19(9-7-12)15(21)18-13-4-2-11(10-16)3-5-13/h2-5,12H,6-9H2,1H3,(H,17,20)(H,18,21). The van der Waals surface area contributed by atoms with E-state index in [2.05, 4.69) is 10.6 Å². The number of urea groups is 1. The largest absolute Gasteiger partial charge is 0.359 e. The lowest BCUT2D eigenvalue weighted by molar-refractivity contribution is -0.125. The van der Waals surface area contributed by atoms with Crippen LogP contribution in [0.5, 0.6) is 0 Å². The molecule has 0 saturated carbocycles. The van der Waals surface area contributed by atoms with Crippen molar-refractivity contribution in [1.82, 2.24) is 10.2 Å². The van der Waals surface area contributed by atoms with Gasteiger partial charge in [0.2, 0.25) is 5.91 Å². The molecule has 6 heteroatoms. The fourth-order valence-electron chi connectivity index (χ4n) is 2.38. The maximum absolute atomic E-state index is 12.1. The van der Waals surface area contributed by atoms with E-state index in [4.69, 9.17) is 5.26 Å². The molecule has 0 spiro atoms. The molecule has 1 aromatic rings. The van der Waals surface area contributed by atoms with Crippen molar-refractivity contribution in [3.8, 4) is 6.07 Å². The van der Waals surface area contributed by atoms with E-state index < -0.39 is 0 Å². The summed E-state index contributed by atoms with van der Waals surface area (Å²) in [4.78, 5) is 25.4. The van der Waals surface area contributed by atoms with Gasteiger partial charge in [-0.15, -0.1) is 0 Å². The van der Waals surface area contributed by atoms with Crippen LogP contribution in [0.25, 0.3) is 0 Å². The van der Waals surface area contributed by atoms with Crippen molar-refractivity contribution >= 4 is 17.6 Å². The molecule has 21 heavy (non-hydrogen) atoms. The number of amides is 3. The fourth-order valence-corrected chi connectivity index (χ4v) is 2.38. The second kappa shape index (κ2) is 6.75. The Morgan fingerprint density at radius 2 is 1.86 bits per heavy atom. The Bertz CT molecular complexity index is 554. The summed E-state index contributed by atoms with van der Waals surface area (Å²) in [5.41, 5.74) is 1.21. The molecule has 0 atom stereocenters. The summed E-state index contributed by atoms with van der Waals surface area (Å²) < 4.78 is 0. The zero-order valence-electron chi connectivity index (χ0n) is 11.9. The molecule has 1 saturated heterocycles. The molecule has 0 bridgehead atoms. The van der Waals surface area contributed by atoms with Crippen molar-refractivity contribution in [2.75, 3.05) is 25.5 Å². The molecule has 0 aliphatic carbocycles. The summed E-state index contributed by atoms with van der Waals surface area (Å²) in [5.74, 6) is 0.0381. The highest BCUT2D eigenvalue weighted by atomic mass is 16.2. The summed E-state index contributed by atoms with van der Waals surface area (Å²) in [6, 6.07) is 8.58. The van der Waals surface area contributed by atoms with Crippen molar-refractivity contribution in [1.29, 1.82) is 5.26 Å². The monoisotopic (exact) mass is 286 g/mol. The number of piperidine rings is 1. The van der Waals surface area contributed by atoms with Crippen LogP contribution in [-0.2, 0) is 4.79 Å². The van der Waals surface area contributed by atoms with Crippen molar-refractivity contribution < 1.29 is 9.59 Å². The molecule has 1 aliphatic rings. The zero-order chi connectivity index (χ0) is 15.2. The normalized spacial score (nSPS) is 15.1. The van der Waals surface area contributed by atoms with E-state index in [0.29, 0.717) is 37.2 Å². The van der Waals surface area contributed by atoms with Gasteiger partial charge in [0.1, 0.15) is 0 Å². The molecular formula is C15H18N4O2. The molecule has 2 rings (SSSR count). The van der Waals surface area contributed by atoms with Crippen molar-refractivity contribution in [3.63, 3.8) is 0 Å². The SMILES string of the molecule is CNC(=O)C1CCN(C(=O)Nc2ccc(C#N)cc2)CC1. The number of hydrogen-bond donors (Lipinski definition) is 2. The number of hydrogen-bond acceptors (Lipinski definition) is 3. The van der Waals surface area contributed by atoms with Gasteiger partial charge in [-0.3, -0.25) is 4.79 Å². The van der Waals surface area contributed by atoms with Crippen LogP contribution < -0.4 is 10.6 Å². The third kappa shape index (κ3) is 3.72. The van der Waals surface area contributed by atoms with Gasteiger partial charge in [-0.05, 0) is 37.1 Å². The number of rotatable bonds is 2. The lowest BCUT2D eigenvalue weighted by Gasteiger charge is -2.31. The Hall–Kier alpha value is -2.55. The summed E-state index contributed by atoms with van der Waals surface area (Å²) in [7, 11) is 1.63. The molecule has 1 heterocycles. The number of anilines is 1. The van der Waals surface area contributed by atoms with E-state index in [1.165, 1.54) is 0 Å². The van der Waals surface area contributed by atoms with E-state index in [1.54, 1.807) is 36.2 Å². The van der Waals surface area contributed by atoms with Gasteiger partial charge in [-0.1, -0.05) is 0 Å². The number of likely N-dealkylation sites (tertiary alicyclic amines) is 1. The zero-order valence-corrected chi connectivity index (χ0v) is 11.9.